The molecule has 1 aromatic heterocycles. The van der Waals surface area contributed by atoms with E-state index in [1.165, 1.54) is 0 Å². The van der Waals surface area contributed by atoms with Crippen LogP contribution in [0.4, 0.5) is 0 Å². The highest BCUT2D eigenvalue weighted by molar-refractivity contribution is 6.02. The molecule has 0 fully saturated rings. The number of primary amides is 1. The lowest BCUT2D eigenvalue weighted by Gasteiger charge is -2.16. The van der Waals surface area contributed by atoms with Crippen LogP contribution in [-0.2, 0) is 11.2 Å². The van der Waals surface area contributed by atoms with Gasteiger partial charge in [-0.1, -0.05) is 78.9 Å². The van der Waals surface area contributed by atoms with E-state index in [4.69, 9.17) is 5.73 Å². The highest BCUT2D eigenvalue weighted by atomic mass is 16.2. The van der Waals surface area contributed by atoms with E-state index in [-0.39, 0.29) is 5.91 Å². The molecule has 0 spiro atoms. The Labute approximate surface area is 180 Å². The number of H-pyrrole nitrogens is 1. The largest absolute Gasteiger partial charge is 0.368 e. The Bertz CT molecular complexity index is 1190. The summed E-state index contributed by atoms with van der Waals surface area (Å²) in [6, 6.07) is 27.5. The van der Waals surface area contributed by atoms with Crippen molar-refractivity contribution in [1.29, 1.82) is 0 Å². The summed E-state index contributed by atoms with van der Waals surface area (Å²) in [6.45, 7) is 0. The fraction of sp³-hybridized carbons (Fsp3) is 0.0800. The molecule has 4 aromatic rings. The summed E-state index contributed by atoms with van der Waals surface area (Å²) < 4.78 is 0. The van der Waals surface area contributed by atoms with Crippen LogP contribution in [0.5, 0.6) is 0 Å². The number of carbonyl (C=O) groups is 2. The zero-order valence-electron chi connectivity index (χ0n) is 16.8. The summed E-state index contributed by atoms with van der Waals surface area (Å²) in [4.78, 5) is 25.0. The summed E-state index contributed by atoms with van der Waals surface area (Å²) >= 11 is 0. The van der Waals surface area contributed by atoms with Crippen LogP contribution in [0.3, 0.4) is 0 Å². The fourth-order valence-corrected chi connectivity index (χ4v) is 3.44. The topological polar surface area (TPSA) is 101 Å². The second-order valence-corrected chi connectivity index (χ2v) is 7.20. The van der Waals surface area contributed by atoms with E-state index < -0.39 is 11.9 Å². The number of benzene rings is 3. The van der Waals surface area contributed by atoms with Gasteiger partial charge in [0.1, 0.15) is 6.04 Å². The summed E-state index contributed by atoms with van der Waals surface area (Å²) in [6.07, 6.45) is 0.324. The molecule has 0 saturated carbocycles. The molecule has 31 heavy (non-hydrogen) atoms. The molecular formula is C25H22N4O2. The Morgan fingerprint density at radius 2 is 1.55 bits per heavy atom. The second kappa shape index (κ2) is 9.09. The number of carbonyl (C=O) groups excluding carboxylic acids is 2. The minimum absolute atomic E-state index is 0.324. The molecule has 154 valence electrons. The van der Waals surface area contributed by atoms with Gasteiger partial charge in [0, 0.05) is 17.5 Å². The van der Waals surface area contributed by atoms with Gasteiger partial charge >= 0.3 is 0 Å². The predicted octanol–water partition coefficient (Wildman–Crippen LogP) is 3.57. The molecule has 3 aromatic carbocycles. The van der Waals surface area contributed by atoms with Crippen LogP contribution >= 0.6 is 0 Å². The minimum atomic E-state index is -0.818. The van der Waals surface area contributed by atoms with Crippen molar-refractivity contribution in [3.63, 3.8) is 0 Å². The molecule has 6 nitrogen and oxygen atoms in total. The van der Waals surface area contributed by atoms with Gasteiger partial charge in [0.25, 0.3) is 5.91 Å². The van der Waals surface area contributed by atoms with Crippen LogP contribution in [0, 0.1) is 0 Å². The standard InChI is InChI=1S/C25H22N4O2/c26-24(30)23(15-17-9-3-1-4-10-17)27-25(31)20-14-8-7-13-19(20)22-16-21(28-29-22)18-11-5-2-6-12-18/h1-14,16,23H,15H2,(H2,26,30)(H,27,31)(H,28,29)/t23-/m0/s1. The molecule has 0 saturated heterocycles. The first-order valence-electron chi connectivity index (χ1n) is 9.96. The van der Waals surface area contributed by atoms with Crippen LogP contribution in [-0.4, -0.2) is 28.1 Å². The van der Waals surface area contributed by atoms with Crippen LogP contribution in [0.25, 0.3) is 22.5 Å². The molecule has 6 heteroatoms. The number of rotatable bonds is 7. The van der Waals surface area contributed by atoms with Gasteiger partial charge in [0.05, 0.1) is 11.4 Å². The first-order valence-corrected chi connectivity index (χ1v) is 9.96. The van der Waals surface area contributed by atoms with Crippen LogP contribution < -0.4 is 11.1 Å². The molecule has 0 aliphatic rings. The molecule has 0 bridgehead atoms. The molecule has 0 unspecified atom stereocenters. The van der Waals surface area contributed by atoms with Crippen molar-refractivity contribution in [2.45, 2.75) is 12.5 Å². The van der Waals surface area contributed by atoms with Gasteiger partial charge < -0.3 is 11.1 Å². The fourth-order valence-electron chi connectivity index (χ4n) is 3.44. The van der Waals surface area contributed by atoms with E-state index in [9.17, 15) is 9.59 Å². The number of nitrogens with one attached hydrogen (secondary N) is 2. The van der Waals surface area contributed by atoms with Crippen molar-refractivity contribution in [3.05, 3.63) is 102 Å². The van der Waals surface area contributed by atoms with Crippen molar-refractivity contribution in [3.8, 4) is 22.5 Å². The first-order chi connectivity index (χ1) is 15.1. The van der Waals surface area contributed by atoms with E-state index in [2.05, 4.69) is 15.5 Å². The smallest absolute Gasteiger partial charge is 0.252 e. The van der Waals surface area contributed by atoms with E-state index in [0.717, 1.165) is 16.8 Å². The number of aromatic nitrogens is 2. The number of amides is 2. The van der Waals surface area contributed by atoms with E-state index in [1.54, 1.807) is 12.1 Å². The number of hydrogen-bond donors (Lipinski definition) is 3. The van der Waals surface area contributed by atoms with Crippen LogP contribution in [0.1, 0.15) is 15.9 Å². The summed E-state index contributed by atoms with van der Waals surface area (Å²) in [5, 5.41) is 10.2. The Morgan fingerprint density at radius 1 is 0.903 bits per heavy atom. The normalized spacial score (nSPS) is 11.6. The van der Waals surface area contributed by atoms with Gasteiger partial charge in [0.2, 0.25) is 5.91 Å². The molecule has 0 aliphatic carbocycles. The third kappa shape index (κ3) is 4.70. The number of aromatic amines is 1. The SMILES string of the molecule is NC(=O)[C@H](Cc1ccccc1)NC(=O)c1ccccc1-c1cc(-c2ccccc2)[nH]n1. The molecule has 0 radical (unpaired) electrons. The average molecular weight is 410 g/mol. The highest BCUT2D eigenvalue weighted by Gasteiger charge is 2.22. The lowest BCUT2D eigenvalue weighted by molar-refractivity contribution is -0.119. The lowest BCUT2D eigenvalue weighted by Crippen LogP contribution is -2.46. The summed E-state index contributed by atoms with van der Waals surface area (Å²) in [5.41, 5.74) is 10.1. The summed E-state index contributed by atoms with van der Waals surface area (Å²) in [7, 11) is 0. The molecule has 2 amide bonds. The quantitative estimate of drug-likeness (QED) is 0.434. The van der Waals surface area contributed by atoms with E-state index >= 15 is 0 Å². The van der Waals surface area contributed by atoms with Gasteiger partial charge in [-0.05, 0) is 23.3 Å². The van der Waals surface area contributed by atoms with E-state index in [1.807, 2.05) is 78.9 Å². The summed E-state index contributed by atoms with van der Waals surface area (Å²) in [5.74, 6) is -0.958. The number of hydrogen-bond acceptors (Lipinski definition) is 3. The molecule has 1 atom stereocenters. The zero-order chi connectivity index (χ0) is 21.6. The Balaban J connectivity index is 1.58. The average Bonchev–Trinajstić information content (AvgIpc) is 3.30. The molecule has 1 heterocycles. The maximum Gasteiger partial charge on any atom is 0.252 e. The zero-order valence-corrected chi connectivity index (χ0v) is 16.8. The van der Waals surface area contributed by atoms with Gasteiger partial charge in [-0.2, -0.15) is 5.10 Å². The van der Waals surface area contributed by atoms with Crippen molar-refractivity contribution < 1.29 is 9.59 Å². The molecular weight excluding hydrogens is 388 g/mol. The third-order valence-electron chi connectivity index (χ3n) is 5.04. The molecule has 4 N–H and O–H groups in total. The van der Waals surface area contributed by atoms with Crippen molar-refractivity contribution in [2.24, 2.45) is 5.73 Å². The van der Waals surface area contributed by atoms with Gasteiger partial charge in [-0.15, -0.1) is 0 Å². The van der Waals surface area contributed by atoms with Gasteiger partial charge in [-0.3, -0.25) is 14.7 Å². The van der Waals surface area contributed by atoms with Crippen molar-refractivity contribution >= 4 is 11.8 Å². The predicted molar refractivity (Wildman–Crippen MR) is 120 cm³/mol. The maximum absolute atomic E-state index is 13.1. The van der Waals surface area contributed by atoms with Crippen LogP contribution in [0.15, 0.2) is 91.0 Å². The van der Waals surface area contributed by atoms with Crippen molar-refractivity contribution in [1.82, 2.24) is 15.5 Å². The Morgan fingerprint density at radius 3 is 2.26 bits per heavy atom. The van der Waals surface area contributed by atoms with Crippen molar-refractivity contribution in [2.75, 3.05) is 0 Å². The monoisotopic (exact) mass is 410 g/mol. The molecule has 0 aliphatic heterocycles. The Kier molecular flexibility index (Phi) is 5.89. The highest BCUT2D eigenvalue weighted by Crippen LogP contribution is 2.26. The Hall–Kier alpha value is -4.19. The maximum atomic E-state index is 13.1. The second-order valence-electron chi connectivity index (χ2n) is 7.20. The lowest BCUT2D eigenvalue weighted by atomic mass is 10.0. The van der Waals surface area contributed by atoms with Gasteiger partial charge in [-0.25, -0.2) is 0 Å². The van der Waals surface area contributed by atoms with Crippen LogP contribution in [0.2, 0.25) is 0 Å². The number of nitrogens with zero attached hydrogens (tertiary/aromatic N) is 1. The first kappa shape index (κ1) is 20.1. The minimum Gasteiger partial charge on any atom is -0.368 e. The number of nitrogens with two attached hydrogens (primary N) is 1. The van der Waals surface area contributed by atoms with Gasteiger partial charge in [0.15, 0.2) is 0 Å². The third-order valence-corrected chi connectivity index (χ3v) is 5.04. The molecule has 4 rings (SSSR count). The van der Waals surface area contributed by atoms with E-state index in [0.29, 0.717) is 23.2 Å².